The number of anilines is 1. The van der Waals surface area contributed by atoms with Crippen LogP contribution >= 0.6 is 0 Å². The molecule has 0 bridgehead atoms. The zero-order valence-corrected chi connectivity index (χ0v) is 18.7. The highest BCUT2D eigenvalue weighted by molar-refractivity contribution is 5.94. The van der Waals surface area contributed by atoms with Gasteiger partial charge in [0.15, 0.2) is 0 Å². The second-order valence-corrected chi connectivity index (χ2v) is 8.45. The standard InChI is InChI=1S/C24H25N5O5/c1-13(2)11-19(22(31)32)25-21(30)20-26-23(29-28-20)27-24(33)34-12-18-16-9-5-3-7-14(16)15-8-4-6-10-17(15)18/h3-10,13,18-19H,11-12H2,1-2H3,(H,25,30)(H,31,32)(H2,26,27,28,29,33)/t19-/m0/s1. The zero-order valence-electron chi connectivity index (χ0n) is 18.7. The summed E-state index contributed by atoms with van der Waals surface area (Å²) in [4.78, 5) is 39.9. The number of hydrogen-bond donors (Lipinski definition) is 4. The van der Waals surface area contributed by atoms with Crippen molar-refractivity contribution in [2.45, 2.75) is 32.2 Å². The van der Waals surface area contributed by atoms with Gasteiger partial charge in [-0.2, -0.15) is 4.98 Å². The van der Waals surface area contributed by atoms with Gasteiger partial charge in [0.2, 0.25) is 5.82 Å². The number of benzene rings is 2. The maximum absolute atomic E-state index is 12.4. The molecule has 0 fully saturated rings. The minimum Gasteiger partial charge on any atom is -0.480 e. The number of carbonyl (C=O) groups is 3. The van der Waals surface area contributed by atoms with Crippen LogP contribution in [-0.2, 0) is 9.53 Å². The Balaban J connectivity index is 1.36. The lowest BCUT2D eigenvalue weighted by Crippen LogP contribution is -2.42. The molecule has 0 aliphatic heterocycles. The van der Waals surface area contributed by atoms with E-state index in [2.05, 4.69) is 25.8 Å². The van der Waals surface area contributed by atoms with Crippen LogP contribution in [0.1, 0.15) is 47.9 Å². The van der Waals surface area contributed by atoms with E-state index < -0.39 is 24.0 Å². The van der Waals surface area contributed by atoms with Gasteiger partial charge in [0, 0.05) is 5.92 Å². The number of nitrogens with zero attached hydrogens (tertiary/aromatic N) is 2. The molecule has 10 heteroatoms. The van der Waals surface area contributed by atoms with Gasteiger partial charge in [0.05, 0.1) is 0 Å². The molecule has 4 N–H and O–H groups in total. The van der Waals surface area contributed by atoms with Gasteiger partial charge in [0.1, 0.15) is 12.6 Å². The second-order valence-electron chi connectivity index (χ2n) is 8.45. The number of carboxylic acids is 1. The fourth-order valence-corrected chi connectivity index (χ4v) is 4.06. The van der Waals surface area contributed by atoms with E-state index in [1.54, 1.807) is 0 Å². The second kappa shape index (κ2) is 9.74. The zero-order chi connectivity index (χ0) is 24.2. The van der Waals surface area contributed by atoms with Crippen LogP contribution in [0, 0.1) is 5.92 Å². The number of aliphatic carboxylic acids is 1. The van der Waals surface area contributed by atoms with Gasteiger partial charge in [-0.3, -0.25) is 15.2 Å². The number of aromatic nitrogens is 3. The van der Waals surface area contributed by atoms with Crippen LogP contribution in [0.4, 0.5) is 10.7 Å². The number of carbonyl (C=O) groups excluding carboxylic acids is 2. The summed E-state index contributed by atoms with van der Waals surface area (Å²) >= 11 is 0. The Morgan fingerprint density at radius 2 is 1.68 bits per heavy atom. The molecule has 2 aromatic carbocycles. The highest BCUT2D eigenvalue weighted by atomic mass is 16.5. The van der Waals surface area contributed by atoms with Gasteiger partial charge in [-0.05, 0) is 34.6 Å². The van der Waals surface area contributed by atoms with Crippen LogP contribution in [0.5, 0.6) is 0 Å². The fraction of sp³-hybridized carbons (Fsp3) is 0.292. The molecule has 1 heterocycles. The van der Waals surface area contributed by atoms with Crippen LogP contribution in [0.15, 0.2) is 48.5 Å². The molecular weight excluding hydrogens is 438 g/mol. The van der Waals surface area contributed by atoms with Crippen molar-refractivity contribution in [2.24, 2.45) is 5.92 Å². The molecule has 1 aliphatic carbocycles. The Morgan fingerprint density at radius 1 is 1.06 bits per heavy atom. The smallest absolute Gasteiger partial charge is 0.414 e. The molecule has 2 amide bonds. The predicted octanol–water partition coefficient (Wildman–Crippen LogP) is 3.39. The lowest BCUT2D eigenvalue weighted by Gasteiger charge is -2.15. The number of fused-ring (bicyclic) bond motifs is 3. The van der Waals surface area contributed by atoms with E-state index in [0.717, 1.165) is 22.3 Å². The molecule has 0 unspecified atom stereocenters. The molecule has 3 aromatic rings. The Hall–Kier alpha value is -4.21. The highest BCUT2D eigenvalue weighted by Gasteiger charge is 2.29. The average molecular weight is 463 g/mol. The molecule has 34 heavy (non-hydrogen) atoms. The van der Waals surface area contributed by atoms with Gasteiger partial charge >= 0.3 is 12.1 Å². The summed E-state index contributed by atoms with van der Waals surface area (Å²) in [6.45, 7) is 3.83. The third-order valence-electron chi connectivity index (χ3n) is 5.57. The van der Waals surface area contributed by atoms with Crippen molar-refractivity contribution in [2.75, 3.05) is 11.9 Å². The summed E-state index contributed by atoms with van der Waals surface area (Å²) in [5.74, 6) is -2.27. The predicted molar refractivity (Wildman–Crippen MR) is 123 cm³/mol. The highest BCUT2D eigenvalue weighted by Crippen LogP contribution is 2.44. The van der Waals surface area contributed by atoms with Crippen molar-refractivity contribution in [3.8, 4) is 11.1 Å². The summed E-state index contributed by atoms with van der Waals surface area (Å²) in [7, 11) is 0. The van der Waals surface area contributed by atoms with Crippen molar-refractivity contribution >= 4 is 23.9 Å². The van der Waals surface area contributed by atoms with Crippen molar-refractivity contribution < 1.29 is 24.2 Å². The molecule has 4 rings (SSSR count). The quantitative estimate of drug-likeness (QED) is 0.400. The normalized spacial score (nSPS) is 13.1. The topological polar surface area (TPSA) is 146 Å². The minimum atomic E-state index is -1.14. The Morgan fingerprint density at radius 3 is 2.26 bits per heavy atom. The average Bonchev–Trinajstić information content (AvgIpc) is 3.39. The van der Waals surface area contributed by atoms with E-state index in [1.807, 2.05) is 62.4 Å². The lowest BCUT2D eigenvalue weighted by molar-refractivity contribution is -0.139. The van der Waals surface area contributed by atoms with Gasteiger partial charge in [-0.1, -0.05) is 62.4 Å². The lowest BCUT2D eigenvalue weighted by atomic mass is 9.98. The largest absolute Gasteiger partial charge is 0.480 e. The third kappa shape index (κ3) is 4.90. The molecule has 0 radical (unpaired) electrons. The molecule has 176 valence electrons. The minimum absolute atomic E-state index is 0.0712. The molecule has 1 atom stereocenters. The molecule has 10 nitrogen and oxygen atoms in total. The number of ether oxygens (including phenoxy) is 1. The maximum atomic E-state index is 12.4. The van der Waals surface area contributed by atoms with Gasteiger partial charge in [0.25, 0.3) is 11.9 Å². The van der Waals surface area contributed by atoms with Gasteiger partial charge in [-0.15, -0.1) is 5.10 Å². The Labute approximate surface area is 195 Å². The molecule has 0 saturated carbocycles. The number of rotatable bonds is 8. The van der Waals surface area contributed by atoms with Gasteiger partial charge in [-0.25, -0.2) is 9.59 Å². The van der Waals surface area contributed by atoms with E-state index in [-0.39, 0.29) is 36.6 Å². The summed E-state index contributed by atoms with van der Waals surface area (Å²) in [5, 5.41) is 20.2. The first-order chi connectivity index (χ1) is 16.3. The molecule has 0 spiro atoms. The molecular formula is C24H25N5O5. The van der Waals surface area contributed by atoms with E-state index >= 15 is 0 Å². The molecule has 1 aliphatic rings. The summed E-state index contributed by atoms with van der Waals surface area (Å²) in [6, 6.07) is 14.9. The van der Waals surface area contributed by atoms with Crippen LogP contribution in [0.3, 0.4) is 0 Å². The summed E-state index contributed by atoms with van der Waals surface area (Å²) in [5.41, 5.74) is 4.41. The summed E-state index contributed by atoms with van der Waals surface area (Å²) in [6.07, 6.45) is -0.504. The van der Waals surface area contributed by atoms with Crippen LogP contribution in [0.2, 0.25) is 0 Å². The number of nitrogens with one attached hydrogen (secondary N) is 3. The van der Waals surface area contributed by atoms with E-state index in [1.165, 1.54) is 0 Å². The molecule has 1 aromatic heterocycles. The third-order valence-corrected chi connectivity index (χ3v) is 5.57. The van der Waals surface area contributed by atoms with Gasteiger partial charge < -0.3 is 15.2 Å². The van der Waals surface area contributed by atoms with Crippen LogP contribution in [0.25, 0.3) is 11.1 Å². The number of carboxylic acid groups (broad SMARTS) is 1. The van der Waals surface area contributed by atoms with E-state index in [9.17, 15) is 19.5 Å². The first kappa shape index (κ1) is 23.0. The number of amides is 2. The van der Waals surface area contributed by atoms with Crippen molar-refractivity contribution in [3.05, 3.63) is 65.5 Å². The summed E-state index contributed by atoms with van der Waals surface area (Å²) < 4.78 is 5.43. The van der Waals surface area contributed by atoms with Crippen molar-refractivity contribution in [1.82, 2.24) is 20.5 Å². The van der Waals surface area contributed by atoms with E-state index in [0.29, 0.717) is 0 Å². The molecule has 0 saturated heterocycles. The number of aromatic amines is 1. The SMILES string of the molecule is CC(C)C[C@H](NC(=O)c1nc(NC(=O)OCC2c3ccccc3-c3ccccc32)n[nH]1)C(=O)O. The maximum Gasteiger partial charge on any atom is 0.414 e. The monoisotopic (exact) mass is 463 g/mol. The number of hydrogen-bond acceptors (Lipinski definition) is 6. The van der Waals surface area contributed by atoms with Crippen molar-refractivity contribution in [3.63, 3.8) is 0 Å². The Bertz CT molecular complexity index is 1180. The first-order valence-electron chi connectivity index (χ1n) is 10.9. The Kier molecular flexibility index (Phi) is 6.58. The van der Waals surface area contributed by atoms with Crippen LogP contribution in [-0.4, -0.2) is 50.9 Å². The first-order valence-corrected chi connectivity index (χ1v) is 10.9. The number of H-pyrrole nitrogens is 1. The van der Waals surface area contributed by atoms with E-state index in [4.69, 9.17) is 4.74 Å². The van der Waals surface area contributed by atoms with Crippen molar-refractivity contribution in [1.29, 1.82) is 0 Å². The van der Waals surface area contributed by atoms with Crippen LogP contribution < -0.4 is 10.6 Å². The fourth-order valence-electron chi connectivity index (χ4n) is 4.06.